The lowest BCUT2D eigenvalue weighted by Crippen LogP contribution is -2.26. The van der Waals surface area contributed by atoms with E-state index in [1.807, 2.05) is 0 Å². The minimum Gasteiger partial charge on any atom is -0.545 e. The molecule has 0 unspecified atom stereocenters. The molecule has 102 valence electrons. The quantitative estimate of drug-likeness (QED) is 0.406. The summed E-state index contributed by atoms with van der Waals surface area (Å²) in [5.74, 6) is -1.68. The maximum Gasteiger partial charge on any atom is 0.292 e. The first kappa shape index (κ1) is 14.4. The minimum atomic E-state index is -1.48. The molecule has 1 aromatic rings. The standard InChI is InChI=1S/C11H13N3O5/c1-7(15)12-4-5-13-9-3-2-8(11(16)17)6-10(9)14(18)19/h2-3,6,13H,4-5H2,1H3,(H,12,15)(H,16,17)/p-1. The molecule has 0 atom stereocenters. The van der Waals surface area contributed by atoms with Gasteiger partial charge in [0, 0.05) is 31.6 Å². The Hall–Kier alpha value is -2.64. The van der Waals surface area contributed by atoms with Crippen LogP contribution in [0, 0.1) is 10.1 Å². The maximum absolute atomic E-state index is 10.8. The van der Waals surface area contributed by atoms with Crippen molar-refractivity contribution in [3.8, 4) is 0 Å². The molecule has 0 spiro atoms. The van der Waals surface area contributed by atoms with Crippen LogP contribution in [0.5, 0.6) is 0 Å². The molecule has 0 aromatic heterocycles. The van der Waals surface area contributed by atoms with Crippen molar-refractivity contribution in [3.63, 3.8) is 0 Å². The molecule has 0 radical (unpaired) electrons. The summed E-state index contributed by atoms with van der Waals surface area (Å²) < 4.78 is 0. The topological polar surface area (TPSA) is 124 Å². The normalized spacial score (nSPS) is 9.74. The van der Waals surface area contributed by atoms with Gasteiger partial charge in [0.05, 0.1) is 10.9 Å². The molecule has 0 heterocycles. The molecule has 8 heteroatoms. The van der Waals surface area contributed by atoms with Crippen LogP contribution in [-0.4, -0.2) is 29.9 Å². The Labute approximate surface area is 108 Å². The van der Waals surface area contributed by atoms with Gasteiger partial charge in [-0.3, -0.25) is 14.9 Å². The number of nitrogens with one attached hydrogen (secondary N) is 2. The van der Waals surface area contributed by atoms with E-state index in [4.69, 9.17) is 0 Å². The van der Waals surface area contributed by atoms with E-state index in [1.54, 1.807) is 0 Å². The number of benzene rings is 1. The number of nitrogens with zero attached hydrogens (tertiary/aromatic N) is 1. The third kappa shape index (κ3) is 4.26. The maximum atomic E-state index is 10.8. The third-order valence-corrected chi connectivity index (χ3v) is 2.24. The van der Waals surface area contributed by atoms with Gasteiger partial charge in [0.1, 0.15) is 5.69 Å². The lowest BCUT2D eigenvalue weighted by atomic mass is 10.1. The number of carbonyl (C=O) groups excluding carboxylic acids is 2. The molecule has 2 N–H and O–H groups in total. The van der Waals surface area contributed by atoms with Gasteiger partial charge in [0.2, 0.25) is 5.91 Å². The summed E-state index contributed by atoms with van der Waals surface area (Å²) in [5, 5.41) is 26.7. The number of carbonyl (C=O) groups is 2. The average molecular weight is 266 g/mol. The number of amides is 1. The molecule has 0 aliphatic carbocycles. The van der Waals surface area contributed by atoms with E-state index in [-0.39, 0.29) is 29.4 Å². The van der Waals surface area contributed by atoms with Crippen LogP contribution in [-0.2, 0) is 4.79 Å². The molecule has 0 saturated carbocycles. The van der Waals surface area contributed by atoms with Crippen LogP contribution in [0.25, 0.3) is 0 Å². The van der Waals surface area contributed by atoms with Gasteiger partial charge in [-0.1, -0.05) is 6.07 Å². The van der Waals surface area contributed by atoms with Gasteiger partial charge >= 0.3 is 0 Å². The predicted octanol–water partition coefficient (Wildman–Crippen LogP) is -0.494. The molecule has 1 aromatic carbocycles. The van der Waals surface area contributed by atoms with E-state index in [9.17, 15) is 24.8 Å². The molecular formula is C11H12N3O5-. The molecule has 8 nitrogen and oxygen atoms in total. The Bertz CT molecular complexity index is 515. The van der Waals surface area contributed by atoms with Crippen molar-refractivity contribution in [2.45, 2.75) is 6.92 Å². The Morgan fingerprint density at radius 2 is 2.00 bits per heavy atom. The summed E-state index contributed by atoms with van der Waals surface area (Å²) in [4.78, 5) is 31.4. The van der Waals surface area contributed by atoms with Crippen LogP contribution in [0.3, 0.4) is 0 Å². The summed E-state index contributed by atoms with van der Waals surface area (Å²) in [5.41, 5.74) is -0.441. The number of aromatic carboxylic acids is 1. The zero-order valence-electron chi connectivity index (χ0n) is 10.1. The summed E-state index contributed by atoms with van der Waals surface area (Å²) in [6, 6.07) is 3.43. The summed E-state index contributed by atoms with van der Waals surface area (Å²) >= 11 is 0. The summed E-state index contributed by atoms with van der Waals surface area (Å²) in [6.07, 6.45) is 0. The summed E-state index contributed by atoms with van der Waals surface area (Å²) in [6.45, 7) is 1.94. The highest BCUT2D eigenvalue weighted by Crippen LogP contribution is 2.25. The Balaban J connectivity index is 2.79. The number of anilines is 1. The van der Waals surface area contributed by atoms with E-state index in [1.165, 1.54) is 19.1 Å². The fourth-order valence-corrected chi connectivity index (χ4v) is 1.39. The monoisotopic (exact) mass is 266 g/mol. The molecule has 0 bridgehead atoms. The lowest BCUT2D eigenvalue weighted by Gasteiger charge is -2.09. The second-order valence-electron chi connectivity index (χ2n) is 3.69. The minimum absolute atomic E-state index is 0.181. The Morgan fingerprint density at radius 1 is 1.32 bits per heavy atom. The van der Waals surface area contributed by atoms with Gasteiger partial charge in [-0.15, -0.1) is 0 Å². The van der Waals surface area contributed by atoms with Gasteiger partial charge in [0.25, 0.3) is 5.69 Å². The number of hydrogen-bond acceptors (Lipinski definition) is 6. The number of nitro benzene ring substituents is 1. The van der Waals surface area contributed by atoms with Crippen LogP contribution in [0.2, 0.25) is 0 Å². The predicted molar refractivity (Wildman–Crippen MR) is 64.6 cm³/mol. The van der Waals surface area contributed by atoms with Crippen molar-refractivity contribution >= 4 is 23.3 Å². The van der Waals surface area contributed by atoms with E-state index >= 15 is 0 Å². The molecule has 0 aliphatic rings. The van der Waals surface area contributed by atoms with Gasteiger partial charge in [-0.2, -0.15) is 0 Å². The highest BCUT2D eigenvalue weighted by Gasteiger charge is 2.14. The van der Waals surface area contributed by atoms with Crippen LogP contribution in [0.15, 0.2) is 18.2 Å². The molecule has 0 fully saturated rings. The third-order valence-electron chi connectivity index (χ3n) is 2.24. The highest BCUT2D eigenvalue weighted by atomic mass is 16.6. The van der Waals surface area contributed by atoms with Gasteiger partial charge in [0.15, 0.2) is 0 Å². The van der Waals surface area contributed by atoms with Crippen molar-refractivity contribution < 1.29 is 19.6 Å². The SMILES string of the molecule is CC(=O)NCCNc1ccc(C(=O)[O-])cc1[N+](=O)[O-]. The first-order valence-electron chi connectivity index (χ1n) is 5.40. The second kappa shape index (κ2) is 6.34. The van der Waals surface area contributed by atoms with Gasteiger partial charge in [-0.25, -0.2) is 0 Å². The van der Waals surface area contributed by atoms with Crippen LogP contribution in [0.1, 0.15) is 17.3 Å². The van der Waals surface area contributed by atoms with Crippen molar-refractivity contribution in [2.24, 2.45) is 0 Å². The molecule has 0 saturated heterocycles. The van der Waals surface area contributed by atoms with Crippen LogP contribution in [0.4, 0.5) is 11.4 Å². The van der Waals surface area contributed by atoms with Crippen LogP contribution >= 0.6 is 0 Å². The number of nitro groups is 1. The van der Waals surface area contributed by atoms with E-state index in [0.717, 1.165) is 6.07 Å². The van der Waals surface area contributed by atoms with E-state index < -0.39 is 10.9 Å². The molecular weight excluding hydrogens is 254 g/mol. The fourth-order valence-electron chi connectivity index (χ4n) is 1.39. The Morgan fingerprint density at radius 3 is 2.53 bits per heavy atom. The number of hydrogen-bond donors (Lipinski definition) is 2. The lowest BCUT2D eigenvalue weighted by molar-refractivity contribution is -0.384. The molecule has 19 heavy (non-hydrogen) atoms. The van der Waals surface area contributed by atoms with E-state index in [2.05, 4.69) is 10.6 Å². The first-order chi connectivity index (χ1) is 8.91. The molecule has 0 aliphatic heterocycles. The van der Waals surface area contributed by atoms with Gasteiger partial charge in [-0.05, 0) is 6.07 Å². The smallest absolute Gasteiger partial charge is 0.292 e. The largest absolute Gasteiger partial charge is 0.545 e. The first-order valence-corrected chi connectivity index (χ1v) is 5.40. The molecule has 1 rings (SSSR count). The van der Waals surface area contributed by atoms with Crippen molar-refractivity contribution in [2.75, 3.05) is 18.4 Å². The number of rotatable bonds is 6. The van der Waals surface area contributed by atoms with Crippen LogP contribution < -0.4 is 15.7 Å². The average Bonchev–Trinajstić information content (AvgIpc) is 2.34. The number of carboxylic acid groups (broad SMARTS) is 1. The van der Waals surface area contributed by atoms with E-state index in [0.29, 0.717) is 6.54 Å². The second-order valence-corrected chi connectivity index (χ2v) is 3.69. The summed E-state index contributed by atoms with van der Waals surface area (Å²) in [7, 11) is 0. The van der Waals surface area contributed by atoms with Crippen molar-refractivity contribution in [3.05, 3.63) is 33.9 Å². The zero-order chi connectivity index (χ0) is 14.4. The molecule has 1 amide bonds. The van der Waals surface area contributed by atoms with Crippen molar-refractivity contribution in [1.82, 2.24) is 5.32 Å². The van der Waals surface area contributed by atoms with Gasteiger partial charge < -0.3 is 20.5 Å². The number of carboxylic acids is 1. The highest BCUT2D eigenvalue weighted by molar-refractivity contribution is 5.88. The zero-order valence-corrected chi connectivity index (χ0v) is 10.1. The van der Waals surface area contributed by atoms with Crippen molar-refractivity contribution in [1.29, 1.82) is 0 Å². The Kier molecular flexibility index (Phi) is 4.81. The fraction of sp³-hybridized carbons (Fsp3) is 0.273.